The van der Waals surface area contributed by atoms with E-state index in [1.54, 1.807) is 7.11 Å². The summed E-state index contributed by atoms with van der Waals surface area (Å²) >= 11 is 0. The van der Waals surface area contributed by atoms with Gasteiger partial charge in [0.05, 0.1) is 19.8 Å². The van der Waals surface area contributed by atoms with Gasteiger partial charge in [0.2, 0.25) is 0 Å². The smallest absolute Gasteiger partial charge is 0.161 e. The van der Waals surface area contributed by atoms with Crippen molar-refractivity contribution in [1.82, 2.24) is 0 Å². The maximum atomic E-state index is 5.68. The van der Waals surface area contributed by atoms with Crippen molar-refractivity contribution in [2.24, 2.45) is 0 Å². The quantitative estimate of drug-likeness (QED) is 0.503. The van der Waals surface area contributed by atoms with E-state index in [-0.39, 0.29) is 6.10 Å². The normalized spacial score (nSPS) is 11.9. The molecule has 0 aliphatic rings. The van der Waals surface area contributed by atoms with E-state index >= 15 is 0 Å². The van der Waals surface area contributed by atoms with Crippen LogP contribution in [0.3, 0.4) is 0 Å². The van der Waals surface area contributed by atoms with Crippen LogP contribution in [-0.2, 0) is 11.2 Å². The molecule has 1 aromatic carbocycles. The molecule has 0 heterocycles. The summed E-state index contributed by atoms with van der Waals surface area (Å²) < 4.78 is 16.6. The maximum absolute atomic E-state index is 5.68. The monoisotopic (exact) mass is 264 g/mol. The predicted octanol–water partition coefficient (Wildman–Crippen LogP) is 3.62. The van der Waals surface area contributed by atoms with E-state index in [1.807, 2.05) is 24.3 Å². The Labute approximate surface area is 116 Å². The lowest BCUT2D eigenvalue weighted by Gasteiger charge is -2.14. The number of methoxy groups -OCH3 is 1. The van der Waals surface area contributed by atoms with Crippen LogP contribution >= 0.6 is 0 Å². The Balaban J connectivity index is 2.50. The highest BCUT2D eigenvalue weighted by Gasteiger charge is 2.05. The average molecular weight is 264 g/mol. The first kappa shape index (κ1) is 15.6. The van der Waals surface area contributed by atoms with Gasteiger partial charge in [-0.05, 0) is 37.5 Å². The third kappa shape index (κ3) is 5.35. The molecule has 1 unspecified atom stereocenters. The van der Waals surface area contributed by atoms with Crippen molar-refractivity contribution >= 4 is 0 Å². The third-order valence-electron chi connectivity index (χ3n) is 2.93. The zero-order valence-electron chi connectivity index (χ0n) is 12.1. The van der Waals surface area contributed by atoms with E-state index in [1.165, 1.54) is 0 Å². The summed E-state index contributed by atoms with van der Waals surface area (Å²) in [6, 6.07) is 5.93. The summed E-state index contributed by atoms with van der Waals surface area (Å²) in [5.41, 5.74) is 1.16. The molecule has 0 N–H and O–H groups in total. The molecule has 1 atom stereocenters. The van der Waals surface area contributed by atoms with E-state index in [9.17, 15) is 0 Å². The van der Waals surface area contributed by atoms with Gasteiger partial charge in [0.25, 0.3) is 0 Å². The number of allylic oxidation sites excluding steroid dienone is 1. The van der Waals surface area contributed by atoms with E-state index in [0.717, 1.165) is 29.9 Å². The highest BCUT2D eigenvalue weighted by Crippen LogP contribution is 2.28. The van der Waals surface area contributed by atoms with E-state index in [2.05, 4.69) is 20.4 Å². The lowest BCUT2D eigenvalue weighted by atomic mass is 10.1. The molecular formula is C16H24O3. The van der Waals surface area contributed by atoms with Crippen LogP contribution in [-0.4, -0.2) is 26.4 Å². The molecule has 0 bridgehead atoms. The summed E-state index contributed by atoms with van der Waals surface area (Å²) in [5, 5.41) is 0. The highest BCUT2D eigenvalue weighted by atomic mass is 16.5. The minimum atomic E-state index is 0.278. The molecule has 1 aromatic rings. The van der Waals surface area contributed by atoms with Gasteiger partial charge in [-0.1, -0.05) is 19.1 Å². The Bertz CT molecular complexity index is 388. The number of ether oxygens (including phenoxy) is 3. The van der Waals surface area contributed by atoms with Crippen LogP contribution in [0.2, 0.25) is 0 Å². The fourth-order valence-corrected chi connectivity index (χ4v) is 1.64. The van der Waals surface area contributed by atoms with Crippen molar-refractivity contribution < 1.29 is 14.2 Å². The molecule has 3 heteroatoms. The van der Waals surface area contributed by atoms with Gasteiger partial charge in [-0.25, -0.2) is 0 Å². The van der Waals surface area contributed by atoms with Crippen LogP contribution in [0.1, 0.15) is 25.8 Å². The molecule has 1 rings (SSSR count). The molecule has 0 fully saturated rings. The van der Waals surface area contributed by atoms with Crippen LogP contribution in [0.5, 0.6) is 11.5 Å². The van der Waals surface area contributed by atoms with Gasteiger partial charge in [0.15, 0.2) is 11.5 Å². The minimum Gasteiger partial charge on any atom is -0.493 e. The average Bonchev–Trinajstić information content (AvgIpc) is 2.44. The topological polar surface area (TPSA) is 27.7 Å². The number of hydrogen-bond donors (Lipinski definition) is 0. The van der Waals surface area contributed by atoms with Crippen molar-refractivity contribution in [1.29, 1.82) is 0 Å². The molecule has 0 aliphatic carbocycles. The number of benzene rings is 1. The maximum Gasteiger partial charge on any atom is 0.161 e. The fraction of sp³-hybridized carbons (Fsp3) is 0.500. The van der Waals surface area contributed by atoms with Crippen LogP contribution in [0.25, 0.3) is 0 Å². The van der Waals surface area contributed by atoms with Crippen LogP contribution < -0.4 is 9.47 Å². The van der Waals surface area contributed by atoms with Gasteiger partial charge in [0, 0.05) is 0 Å². The SMILES string of the molecule is C=CCc1ccc(OCCOC(C)CC)c(OC)c1. The zero-order chi connectivity index (χ0) is 14.1. The second-order valence-electron chi connectivity index (χ2n) is 4.42. The minimum absolute atomic E-state index is 0.278. The van der Waals surface area contributed by atoms with Gasteiger partial charge in [0.1, 0.15) is 6.61 Å². The van der Waals surface area contributed by atoms with E-state index < -0.39 is 0 Å². The first-order valence-electron chi connectivity index (χ1n) is 6.73. The summed E-state index contributed by atoms with van der Waals surface area (Å²) in [7, 11) is 1.65. The Kier molecular flexibility index (Phi) is 7.04. The molecule has 106 valence electrons. The van der Waals surface area contributed by atoms with Crippen molar-refractivity contribution in [3.63, 3.8) is 0 Å². The van der Waals surface area contributed by atoms with E-state index in [4.69, 9.17) is 14.2 Å². The highest BCUT2D eigenvalue weighted by molar-refractivity contribution is 5.43. The second kappa shape index (κ2) is 8.59. The van der Waals surface area contributed by atoms with Gasteiger partial charge in [-0.2, -0.15) is 0 Å². The second-order valence-corrected chi connectivity index (χ2v) is 4.42. The third-order valence-corrected chi connectivity index (χ3v) is 2.93. The molecule has 0 radical (unpaired) electrons. The molecule has 0 saturated heterocycles. The van der Waals surface area contributed by atoms with E-state index in [0.29, 0.717) is 13.2 Å². The lowest BCUT2D eigenvalue weighted by Crippen LogP contribution is -2.13. The van der Waals surface area contributed by atoms with Gasteiger partial charge in [-0.3, -0.25) is 0 Å². The largest absolute Gasteiger partial charge is 0.493 e. The van der Waals surface area contributed by atoms with Gasteiger partial charge >= 0.3 is 0 Å². The molecule has 19 heavy (non-hydrogen) atoms. The molecular weight excluding hydrogens is 240 g/mol. The van der Waals surface area contributed by atoms with Crippen molar-refractivity contribution in [3.05, 3.63) is 36.4 Å². The predicted molar refractivity (Wildman–Crippen MR) is 78.1 cm³/mol. The molecule has 3 nitrogen and oxygen atoms in total. The van der Waals surface area contributed by atoms with Crippen LogP contribution in [0.15, 0.2) is 30.9 Å². The molecule has 0 spiro atoms. The number of rotatable bonds is 9. The van der Waals surface area contributed by atoms with Crippen LogP contribution in [0, 0.1) is 0 Å². The zero-order valence-corrected chi connectivity index (χ0v) is 12.1. The number of hydrogen-bond acceptors (Lipinski definition) is 3. The Hall–Kier alpha value is -1.48. The summed E-state index contributed by atoms with van der Waals surface area (Å²) in [6.07, 6.45) is 3.99. The fourth-order valence-electron chi connectivity index (χ4n) is 1.64. The Morgan fingerprint density at radius 2 is 2.05 bits per heavy atom. The molecule has 0 amide bonds. The van der Waals surface area contributed by atoms with Gasteiger partial charge < -0.3 is 14.2 Å². The van der Waals surface area contributed by atoms with Crippen molar-refractivity contribution in [3.8, 4) is 11.5 Å². The summed E-state index contributed by atoms with van der Waals surface area (Å²) in [5.74, 6) is 1.51. The standard InChI is InChI=1S/C16H24O3/c1-5-7-14-8-9-15(16(12-14)17-4)19-11-10-18-13(3)6-2/h5,8-9,12-13H,1,6-7,10-11H2,2-4H3. The molecule has 0 aliphatic heterocycles. The first-order valence-corrected chi connectivity index (χ1v) is 6.73. The Morgan fingerprint density at radius 3 is 2.68 bits per heavy atom. The van der Waals surface area contributed by atoms with Crippen molar-refractivity contribution in [2.75, 3.05) is 20.3 Å². The van der Waals surface area contributed by atoms with Gasteiger partial charge in [-0.15, -0.1) is 6.58 Å². The van der Waals surface area contributed by atoms with Crippen molar-refractivity contribution in [2.45, 2.75) is 32.8 Å². The first-order chi connectivity index (χ1) is 9.21. The molecule has 0 saturated carbocycles. The Morgan fingerprint density at radius 1 is 1.26 bits per heavy atom. The lowest BCUT2D eigenvalue weighted by molar-refractivity contribution is 0.0422. The summed E-state index contributed by atoms with van der Waals surface area (Å²) in [6.45, 7) is 9.01. The summed E-state index contributed by atoms with van der Waals surface area (Å²) in [4.78, 5) is 0. The van der Waals surface area contributed by atoms with Crippen LogP contribution in [0.4, 0.5) is 0 Å². The molecule has 0 aromatic heterocycles.